The minimum absolute atomic E-state index is 0.129. The lowest BCUT2D eigenvalue weighted by atomic mass is 9.99. The molecule has 1 aromatic carbocycles. The van der Waals surface area contributed by atoms with Crippen molar-refractivity contribution in [3.63, 3.8) is 0 Å². The summed E-state index contributed by atoms with van der Waals surface area (Å²) in [7, 11) is 0. The topological polar surface area (TPSA) is 39.7 Å². The summed E-state index contributed by atoms with van der Waals surface area (Å²) < 4.78 is 38.5. The van der Waals surface area contributed by atoms with Gasteiger partial charge in [0.15, 0.2) is 0 Å². The summed E-state index contributed by atoms with van der Waals surface area (Å²) in [5.41, 5.74) is 1.64. The second kappa shape index (κ2) is 9.23. The Labute approximate surface area is 201 Å². The number of aromatic nitrogens is 1. The summed E-state index contributed by atoms with van der Waals surface area (Å²) in [5, 5.41) is 0.709. The maximum atomic E-state index is 13.1. The fourth-order valence-electron chi connectivity index (χ4n) is 5.25. The minimum Gasteiger partial charge on any atom is -0.353 e. The number of nitrogens with zero attached hydrogens (tertiary/aromatic N) is 4. The van der Waals surface area contributed by atoms with E-state index in [0.29, 0.717) is 43.6 Å². The van der Waals surface area contributed by atoms with Gasteiger partial charge >= 0.3 is 6.18 Å². The molecule has 0 aliphatic carbocycles. The van der Waals surface area contributed by atoms with E-state index >= 15 is 0 Å². The number of carbonyl (C=O) groups excluding carboxylic acids is 1. The van der Waals surface area contributed by atoms with Crippen molar-refractivity contribution < 1.29 is 18.0 Å². The molecular weight excluding hydrogens is 465 g/mol. The highest BCUT2D eigenvalue weighted by molar-refractivity contribution is 6.30. The summed E-state index contributed by atoms with van der Waals surface area (Å²) in [6, 6.07) is 10.7. The molecule has 3 aliphatic rings. The van der Waals surface area contributed by atoms with Crippen LogP contribution in [0.3, 0.4) is 0 Å². The molecule has 4 heterocycles. The smallest absolute Gasteiger partial charge is 0.353 e. The Kier molecular flexibility index (Phi) is 6.29. The van der Waals surface area contributed by atoms with Gasteiger partial charge in [0, 0.05) is 49.5 Å². The highest BCUT2D eigenvalue weighted by Gasteiger charge is 2.41. The fraction of sp³-hybridized carbons (Fsp3) is 0.440. The van der Waals surface area contributed by atoms with Crippen molar-refractivity contribution in [2.45, 2.75) is 37.5 Å². The van der Waals surface area contributed by atoms with E-state index in [9.17, 15) is 18.0 Å². The maximum Gasteiger partial charge on any atom is 0.417 e. The van der Waals surface area contributed by atoms with Crippen molar-refractivity contribution in [1.29, 1.82) is 0 Å². The number of halogens is 4. The molecule has 1 aromatic heterocycles. The highest BCUT2D eigenvalue weighted by atomic mass is 35.5. The van der Waals surface area contributed by atoms with E-state index < -0.39 is 11.7 Å². The second-order valence-electron chi connectivity index (χ2n) is 9.19. The molecular formula is C25H26ClF3N4O. The lowest BCUT2D eigenvalue weighted by molar-refractivity contribution is -0.137. The Morgan fingerprint density at radius 3 is 2.32 bits per heavy atom. The van der Waals surface area contributed by atoms with Crippen LogP contribution in [0.4, 0.5) is 19.0 Å². The number of hydrogen-bond acceptors (Lipinski definition) is 4. The third-order valence-electron chi connectivity index (χ3n) is 7.13. The number of fused-ring (bicyclic) bond motifs is 2. The largest absolute Gasteiger partial charge is 0.417 e. The van der Waals surface area contributed by atoms with Gasteiger partial charge in [-0.2, -0.15) is 13.2 Å². The molecule has 2 aromatic rings. The SMILES string of the molecule is O=C(CN1C2CCC1CN(c1ccc(C(F)(F)F)cn1)C2)N1CC=C(c2ccc(Cl)cc2)CC1. The molecule has 34 heavy (non-hydrogen) atoms. The summed E-state index contributed by atoms with van der Waals surface area (Å²) in [5.74, 6) is 0.691. The van der Waals surface area contributed by atoms with E-state index in [4.69, 9.17) is 11.6 Å². The molecule has 2 bridgehead atoms. The van der Waals surface area contributed by atoms with E-state index in [2.05, 4.69) is 16.0 Å². The number of piperazine rings is 1. The molecule has 2 atom stereocenters. The van der Waals surface area contributed by atoms with Crippen LogP contribution < -0.4 is 4.90 Å². The molecule has 5 nitrogen and oxygen atoms in total. The summed E-state index contributed by atoms with van der Waals surface area (Å²) in [6.07, 6.45) is 1.41. The number of anilines is 1. The van der Waals surface area contributed by atoms with Crippen LogP contribution in [0.15, 0.2) is 48.7 Å². The van der Waals surface area contributed by atoms with Crippen LogP contribution >= 0.6 is 11.6 Å². The first-order chi connectivity index (χ1) is 16.3. The Morgan fingerprint density at radius 2 is 1.76 bits per heavy atom. The monoisotopic (exact) mass is 490 g/mol. The van der Waals surface area contributed by atoms with Crippen LogP contribution in [0.5, 0.6) is 0 Å². The normalized spacial score (nSPS) is 23.2. The predicted molar refractivity (Wildman–Crippen MR) is 126 cm³/mol. The van der Waals surface area contributed by atoms with Crippen LogP contribution in [0, 0.1) is 0 Å². The van der Waals surface area contributed by atoms with E-state index in [0.717, 1.165) is 37.1 Å². The summed E-state index contributed by atoms with van der Waals surface area (Å²) in [4.78, 5) is 23.4. The molecule has 5 rings (SSSR count). The van der Waals surface area contributed by atoms with Crippen molar-refractivity contribution >= 4 is 28.9 Å². The van der Waals surface area contributed by atoms with E-state index in [1.54, 1.807) is 0 Å². The highest BCUT2D eigenvalue weighted by Crippen LogP contribution is 2.34. The van der Waals surface area contributed by atoms with Gasteiger partial charge in [-0.15, -0.1) is 0 Å². The molecule has 0 saturated carbocycles. The van der Waals surface area contributed by atoms with Crippen LogP contribution in [0.1, 0.15) is 30.4 Å². The van der Waals surface area contributed by atoms with Crippen LogP contribution in [-0.4, -0.2) is 65.5 Å². The van der Waals surface area contributed by atoms with Gasteiger partial charge in [-0.05, 0) is 54.7 Å². The molecule has 3 aliphatic heterocycles. The Bertz CT molecular complexity index is 1060. The molecule has 0 radical (unpaired) electrons. The molecule has 0 N–H and O–H groups in total. The van der Waals surface area contributed by atoms with Gasteiger partial charge in [0.2, 0.25) is 5.91 Å². The Morgan fingerprint density at radius 1 is 1.06 bits per heavy atom. The lowest BCUT2D eigenvalue weighted by Gasteiger charge is -2.42. The number of pyridine rings is 1. The lowest BCUT2D eigenvalue weighted by Crippen LogP contribution is -2.56. The fourth-order valence-corrected chi connectivity index (χ4v) is 5.38. The number of benzene rings is 1. The second-order valence-corrected chi connectivity index (χ2v) is 9.63. The first kappa shape index (κ1) is 23.2. The number of rotatable bonds is 4. The Hall–Kier alpha value is -2.58. The van der Waals surface area contributed by atoms with E-state index in [-0.39, 0.29) is 18.0 Å². The number of hydrogen-bond donors (Lipinski definition) is 0. The van der Waals surface area contributed by atoms with Gasteiger partial charge < -0.3 is 9.80 Å². The molecule has 2 saturated heterocycles. The number of amides is 1. The quantitative estimate of drug-likeness (QED) is 0.621. The number of alkyl halides is 3. The molecule has 2 fully saturated rings. The van der Waals surface area contributed by atoms with Gasteiger partial charge in [0.1, 0.15) is 5.82 Å². The zero-order valence-electron chi connectivity index (χ0n) is 18.6. The van der Waals surface area contributed by atoms with Crippen LogP contribution in [0.25, 0.3) is 5.57 Å². The standard InChI is InChI=1S/C25H26ClF3N4O/c26-20-4-1-17(2-5-20)18-9-11-31(12-10-18)24(34)16-33-21-6-7-22(33)15-32(14-21)23-8-3-19(13-30-23)25(27,28)29/h1-5,8-9,13,21-22H,6-7,10-12,14-16H2. The molecule has 1 amide bonds. The summed E-state index contributed by atoms with van der Waals surface area (Å²) in [6.45, 7) is 3.01. The molecule has 180 valence electrons. The number of carbonyl (C=O) groups is 1. The predicted octanol–water partition coefficient (Wildman–Crippen LogP) is 4.72. The van der Waals surface area contributed by atoms with Crippen molar-refractivity contribution in [2.75, 3.05) is 37.6 Å². The van der Waals surface area contributed by atoms with Gasteiger partial charge in [-0.3, -0.25) is 9.69 Å². The maximum absolute atomic E-state index is 13.1. The van der Waals surface area contributed by atoms with Gasteiger partial charge in [-0.1, -0.05) is 29.8 Å². The van der Waals surface area contributed by atoms with Crippen molar-refractivity contribution in [2.24, 2.45) is 0 Å². The molecule has 2 unspecified atom stereocenters. The first-order valence-electron chi connectivity index (χ1n) is 11.5. The third kappa shape index (κ3) is 4.79. The first-order valence-corrected chi connectivity index (χ1v) is 11.9. The van der Waals surface area contributed by atoms with Crippen LogP contribution in [0.2, 0.25) is 5.02 Å². The average molecular weight is 491 g/mol. The Balaban J connectivity index is 1.18. The average Bonchev–Trinajstić information content (AvgIpc) is 3.05. The molecule has 0 spiro atoms. The van der Waals surface area contributed by atoms with E-state index in [1.165, 1.54) is 11.6 Å². The zero-order valence-corrected chi connectivity index (χ0v) is 19.4. The van der Waals surface area contributed by atoms with Gasteiger partial charge in [-0.25, -0.2) is 4.98 Å². The minimum atomic E-state index is -4.39. The van der Waals surface area contributed by atoms with Crippen LogP contribution in [-0.2, 0) is 11.0 Å². The van der Waals surface area contributed by atoms with Gasteiger partial charge in [0.25, 0.3) is 0 Å². The third-order valence-corrected chi connectivity index (χ3v) is 7.38. The van der Waals surface area contributed by atoms with Crippen molar-refractivity contribution in [3.05, 3.63) is 64.8 Å². The van der Waals surface area contributed by atoms with Crippen molar-refractivity contribution in [3.8, 4) is 0 Å². The molecule has 9 heteroatoms. The van der Waals surface area contributed by atoms with Gasteiger partial charge in [0.05, 0.1) is 12.1 Å². The zero-order chi connectivity index (χ0) is 23.9. The van der Waals surface area contributed by atoms with Crippen molar-refractivity contribution in [1.82, 2.24) is 14.8 Å². The van der Waals surface area contributed by atoms with E-state index in [1.807, 2.05) is 34.1 Å². The summed E-state index contributed by atoms with van der Waals surface area (Å²) >= 11 is 5.98.